The number of anilines is 2. The van der Waals surface area contributed by atoms with Crippen LogP contribution in [-0.2, 0) is 20.9 Å². The van der Waals surface area contributed by atoms with Gasteiger partial charge in [0.2, 0.25) is 5.91 Å². The number of benzene rings is 2. The normalized spacial score (nSPS) is 15.5. The molecule has 0 bridgehead atoms. The van der Waals surface area contributed by atoms with E-state index >= 15 is 0 Å². The molecule has 0 spiro atoms. The van der Waals surface area contributed by atoms with E-state index in [0.717, 1.165) is 16.9 Å². The van der Waals surface area contributed by atoms with Gasteiger partial charge >= 0.3 is 10.8 Å². The Morgan fingerprint density at radius 1 is 1.16 bits per heavy atom. The minimum Gasteiger partial charge on any atom is -0.497 e. The second kappa shape index (κ2) is 8.56. The Hall–Kier alpha value is -3.10. The molecule has 1 aliphatic heterocycles. The van der Waals surface area contributed by atoms with Crippen molar-refractivity contribution in [3.63, 3.8) is 0 Å². The number of methoxy groups -OCH3 is 2. The molecule has 7 nitrogen and oxygen atoms in total. The molecule has 31 heavy (non-hydrogen) atoms. The number of esters is 1. The summed E-state index contributed by atoms with van der Waals surface area (Å²) in [6.45, 7) is -0.295. The molecule has 2 aromatic carbocycles. The number of hydrogen-bond acceptors (Lipinski definition) is 6. The Kier molecular flexibility index (Phi) is 5.84. The molecular formula is C22H19ClN2O5S. The maximum Gasteiger partial charge on any atom is 0.325 e. The van der Waals surface area contributed by atoms with Crippen molar-refractivity contribution in [2.75, 3.05) is 19.1 Å². The predicted molar refractivity (Wildman–Crippen MR) is 119 cm³/mol. The Balaban J connectivity index is 1.92. The number of carbonyl (C=O) groups is 2. The second-order valence-corrected chi connectivity index (χ2v) is 8.39. The first kappa shape index (κ1) is 21.1. The van der Waals surface area contributed by atoms with Gasteiger partial charge in [-0.3, -0.25) is 23.9 Å². The highest BCUT2D eigenvalue weighted by Gasteiger charge is 2.38. The fourth-order valence-electron chi connectivity index (χ4n) is 3.69. The SMILES string of the molecule is COC(=O)Cn1c2c(sc1=O)[C@H](c1cccc(OC)c1)CC(=O)N2c1cccc(Cl)c1. The van der Waals surface area contributed by atoms with Crippen LogP contribution in [0.25, 0.3) is 0 Å². The summed E-state index contributed by atoms with van der Waals surface area (Å²) < 4.78 is 11.4. The molecule has 1 atom stereocenters. The van der Waals surface area contributed by atoms with E-state index in [1.54, 1.807) is 31.4 Å². The molecule has 1 aromatic heterocycles. The van der Waals surface area contributed by atoms with Crippen molar-refractivity contribution in [3.8, 4) is 5.75 Å². The van der Waals surface area contributed by atoms with Gasteiger partial charge in [0, 0.05) is 17.4 Å². The van der Waals surface area contributed by atoms with E-state index in [1.165, 1.54) is 16.6 Å². The van der Waals surface area contributed by atoms with Crippen LogP contribution in [0, 0.1) is 0 Å². The van der Waals surface area contributed by atoms with Crippen LogP contribution in [0.5, 0.6) is 5.75 Å². The van der Waals surface area contributed by atoms with Crippen molar-refractivity contribution in [1.82, 2.24) is 4.57 Å². The monoisotopic (exact) mass is 458 g/mol. The van der Waals surface area contributed by atoms with Crippen LogP contribution in [0.4, 0.5) is 11.5 Å². The lowest BCUT2D eigenvalue weighted by atomic mass is 9.90. The van der Waals surface area contributed by atoms with Gasteiger partial charge in [-0.25, -0.2) is 0 Å². The van der Waals surface area contributed by atoms with Gasteiger partial charge in [-0.15, -0.1) is 0 Å². The highest BCUT2D eigenvalue weighted by atomic mass is 35.5. The van der Waals surface area contributed by atoms with E-state index in [-0.39, 0.29) is 29.7 Å². The molecule has 4 rings (SSSR count). The van der Waals surface area contributed by atoms with Gasteiger partial charge in [-0.05, 0) is 35.9 Å². The molecule has 0 fully saturated rings. The van der Waals surface area contributed by atoms with E-state index in [0.29, 0.717) is 27.2 Å². The van der Waals surface area contributed by atoms with Gasteiger partial charge in [0.05, 0.1) is 24.8 Å². The summed E-state index contributed by atoms with van der Waals surface area (Å²) in [6, 6.07) is 14.2. The Morgan fingerprint density at radius 3 is 2.65 bits per heavy atom. The number of hydrogen-bond donors (Lipinski definition) is 0. The molecule has 0 aliphatic carbocycles. The standard InChI is InChI=1S/C22H19ClN2O5S/c1-29-16-8-3-5-13(9-16)17-11-18(26)25(15-7-4-6-14(23)10-15)21-20(17)31-22(28)24(21)12-19(27)30-2/h3-10,17H,11-12H2,1-2H3/t17-/m0/s1. The topological polar surface area (TPSA) is 77.8 Å². The number of carbonyl (C=O) groups excluding carboxylic acids is 2. The molecule has 0 radical (unpaired) electrons. The maximum absolute atomic E-state index is 13.3. The van der Waals surface area contributed by atoms with Crippen LogP contribution in [0.3, 0.4) is 0 Å². The molecule has 2 heterocycles. The van der Waals surface area contributed by atoms with Crippen LogP contribution < -0.4 is 14.5 Å². The molecular weight excluding hydrogens is 440 g/mol. The molecule has 9 heteroatoms. The quantitative estimate of drug-likeness (QED) is 0.541. The summed E-state index contributed by atoms with van der Waals surface area (Å²) in [5.41, 5.74) is 1.38. The van der Waals surface area contributed by atoms with Crippen LogP contribution in [0.1, 0.15) is 22.8 Å². The van der Waals surface area contributed by atoms with E-state index in [9.17, 15) is 14.4 Å². The molecule has 0 unspecified atom stereocenters. The van der Waals surface area contributed by atoms with Crippen molar-refractivity contribution < 1.29 is 19.1 Å². The van der Waals surface area contributed by atoms with E-state index < -0.39 is 5.97 Å². The summed E-state index contributed by atoms with van der Waals surface area (Å²) in [7, 11) is 2.83. The van der Waals surface area contributed by atoms with E-state index in [4.69, 9.17) is 21.1 Å². The van der Waals surface area contributed by atoms with Crippen molar-refractivity contribution in [2.45, 2.75) is 18.9 Å². The number of nitrogens with zero attached hydrogens (tertiary/aromatic N) is 2. The summed E-state index contributed by atoms with van der Waals surface area (Å²) in [6.07, 6.45) is 0.158. The van der Waals surface area contributed by atoms with Gasteiger partial charge in [-0.1, -0.05) is 41.1 Å². The zero-order chi connectivity index (χ0) is 22.1. The first-order valence-electron chi connectivity index (χ1n) is 9.45. The highest BCUT2D eigenvalue weighted by Crippen LogP contribution is 2.45. The lowest BCUT2D eigenvalue weighted by molar-refractivity contribution is -0.141. The number of halogens is 1. The maximum atomic E-state index is 13.3. The number of aromatic nitrogens is 1. The number of rotatable bonds is 5. The number of amides is 1. The lowest BCUT2D eigenvalue weighted by Crippen LogP contribution is -2.36. The molecule has 0 saturated carbocycles. The van der Waals surface area contributed by atoms with E-state index in [1.807, 2.05) is 24.3 Å². The van der Waals surface area contributed by atoms with E-state index in [2.05, 4.69) is 0 Å². The summed E-state index contributed by atoms with van der Waals surface area (Å²) in [5.74, 6) is -0.106. The third-order valence-corrected chi connectivity index (χ3v) is 6.44. The molecule has 3 aromatic rings. The number of thiazole rings is 1. The van der Waals surface area contributed by atoms with Crippen molar-refractivity contribution >= 4 is 46.3 Å². The Bertz CT molecular complexity index is 1220. The molecule has 0 N–H and O–H groups in total. The number of ether oxygens (including phenoxy) is 2. The fraction of sp³-hybridized carbons (Fsp3) is 0.227. The summed E-state index contributed by atoms with van der Waals surface area (Å²) in [5, 5.41) is 0.457. The molecule has 1 amide bonds. The molecule has 0 saturated heterocycles. The smallest absolute Gasteiger partial charge is 0.325 e. The van der Waals surface area contributed by atoms with Crippen molar-refractivity contribution in [3.05, 3.63) is 73.7 Å². The number of fused-ring (bicyclic) bond motifs is 1. The van der Waals surface area contributed by atoms with Gasteiger partial charge < -0.3 is 9.47 Å². The average molecular weight is 459 g/mol. The summed E-state index contributed by atoms with van der Waals surface area (Å²) in [4.78, 5) is 40.1. The predicted octanol–water partition coefficient (Wildman–Crippen LogP) is 3.95. The average Bonchev–Trinajstić information content (AvgIpc) is 3.08. The molecule has 1 aliphatic rings. The van der Waals surface area contributed by atoms with Gasteiger partial charge in [0.25, 0.3) is 0 Å². The third kappa shape index (κ3) is 3.96. The van der Waals surface area contributed by atoms with Gasteiger partial charge in [0.1, 0.15) is 18.1 Å². The minimum atomic E-state index is -0.579. The van der Waals surface area contributed by atoms with Crippen LogP contribution >= 0.6 is 22.9 Å². The first-order valence-corrected chi connectivity index (χ1v) is 10.6. The van der Waals surface area contributed by atoms with Crippen LogP contribution in [0.2, 0.25) is 5.02 Å². The summed E-state index contributed by atoms with van der Waals surface area (Å²) >= 11 is 7.18. The lowest BCUT2D eigenvalue weighted by Gasteiger charge is -2.32. The Labute approximate surface area is 187 Å². The minimum absolute atomic E-state index is 0.158. The second-order valence-electron chi connectivity index (χ2n) is 6.96. The first-order chi connectivity index (χ1) is 14.9. The Morgan fingerprint density at radius 2 is 1.94 bits per heavy atom. The van der Waals surface area contributed by atoms with Crippen molar-refractivity contribution in [2.24, 2.45) is 0 Å². The van der Waals surface area contributed by atoms with Gasteiger partial charge in [-0.2, -0.15) is 0 Å². The third-order valence-electron chi connectivity index (χ3n) is 5.13. The molecule has 160 valence electrons. The van der Waals surface area contributed by atoms with Crippen molar-refractivity contribution in [1.29, 1.82) is 0 Å². The van der Waals surface area contributed by atoms with Crippen LogP contribution in [0.15, 0.2) is 53.3 Å². The van der Waals surface area contributed by atoms with Gasteiger partial charge in [0.15, 0.2) is 0 Å². The largest absolute Gasteiger partial charge is 0.497 e. The van der Waals surface area contributed by atoms with Crippen LogP contribution in [-0.4, -0.2) is 30.7 Å². The highest BCUT2D eigenvalue weighted by molar-refractivity contribution is 7.10. The fourth-order valence-corrected chi connectivity index (χ4v) is 4.98. The zero-order valence-electron chi connectivity index (χ0n) is 16.8. The zero-order valence-corrected chi connectivity index (χ0v) is 18.4.